The summed E-state index contributed by atoms with van der Waals surface area (Å²) in [5.74, 6) is -0.672. The van der Waals surface area contributed by atoms with Crippen molar-refractivity contribution in [3.05, 3.63) is 23.8 Å². The Kier molecular flexibility index (Phi) is 4.86. The van der Waals surface area contributed by atoms with Crippen LogP contribution in [0.4, 0.5) is 10.5 Å². The first kappa shape index (κ1) is 19.8. The Bertz CT molecular complexity index is 984. The van der Waals surface area contributed by atoms with Crippen LogP contribution in [-0.4, -0.2) is 56.8 Å². The molecular weight excluding hydrogens is 396 g/mol. The average Bonchev–Trinajstić information content (AvgIpc) is 3.23. The Morgan fingerprint density at radius 1 is 1.21 bits per heavy atom. The fourth-order valence-corrected chi connectivity index (χ4v) is 5.24. The molecule has 0 aromatic heterocycles. The van der Waals surface area contributed by atoms with E-state index < -0.39 is 21.6 Å². The molecule has 0 radical (unpaired) electrons. The van der Waals surface area contributed by atoms with Crippen molar-refractivity contribution in [1.82, 2.24) is 14.9 Å². The lowest BCUT2D eigenvalue weighted by Gasteiger charge is -2.30. The Labute approximate surface area is 169 Å². The maximum atomic E-state index is 12.9. The summed E-state index contributed by atoms with van der Waals surface area (Å²) in [5.41, 5.74) is 0.509. The SMILES string of the molecule is CNS(=O)(=O)c1ccc2c(c1)CCN2C(=O)CN1C(=O)NC2(CCCCC2)C1=O. The lowest BCUT2D eigenvalue weighted by Crippen LogP contribution is -2.49. The molecule has 2 fully saturated rings. The van der Waals surface area contributed by atoms with Crippen molar-refractivity contribution in [3.63, 3.8) is 0 Å². The molecule has 1 aromatic carbocycles. The van der Waals surface area contributed by atoms with Gasteiger partial charge in [0.2, 0.25) is 15.9 Å². The number of carbonyl (C=O) groups is 3. The molecule has 1 aliphatic carbocycles. The van der Waals surface area contributed by atoms with Crippen LogP contribution in [0.15, 0.2) is 23.1 Å². The second kappa shape index (κ2) is 7.10. The van der Waals surface area contributed by atoms with E-state index in [2.05, 4.69) is 10.0 Å². The normalized spacial score (nSPS) is 20.9. The van der Waals surface area contributed by atoms with Gasteiger partial charge in [-0.05, 0) is 50.1 Å². The number of benzene rings is 1. The second-order valence-corrected chi connectivity index (χ2v) is 9.64. The van der Waals surface area contributed by atoms with E-state index in [1.54, 1.807) is 12.1 Å². The molecule has 1 saturated heterocycles. The molecular formula is C19H24N4O5S. The van der Waals surface area contributed by atoms with Gasteiger partial charge in [-0.25, -0.2) is 17.9 Å². The lowest BCUT2D eigenvalue weighted by molar-refractivity contribution is -0.135. The first-order valence-electron chi connectivity index (χ1n) is 9.78. The molecule has 1 saturated carbocycles. The highest BCUT2D eigenvalue weighted by Gasteiger charge is 2.52. The molecule has 10 heteroatoms. The standard InChI is InChI=1S/C19H24N4O5S/c1-20-29(27,28)14-5-6-15-13(11-14)7-10-22(15)16(24)12-23-17(25)19(21-18(23)26)8-3-2-4-9-19/h5-6,11,20H,2-4,7-10,12H2,1H3,(H,21,26). The van der Waals surface area contributed by atoms with Crippen LogP contribution >= 0.6 is 0 Å². The number of carbonyl (C=O) groups excluding carboxylic acids is 3. The molecule has 4 amide bonds. The number of amides is 4. The third-order valence-electron chi connectivity index (χ3n) is 6.07. The molecule has 156 valence electrons. The second-order valence-electron chi connectivity index (χ2n) is 7.76. The minimum absolute atomic E-state index is 0.140. The number of fused-ring (bicyclic) bond motifs is 1. The van der Waals surface area contributed by atoms with Gasteiger partial charge in [0.05, 0.1) is 4.90 Å². The van der Waals surface area contributed by atoms with Crippen molar-refractivity contribution < 1.29 is 22.8 Å². The van der Waals surface area contributed by atoms with Crippen molar-refractivity contribution in [2.75, 3.05) is 25.0 Å². The number of nitrogens with one attached hydrogen (secondary N) is 2. The highest BCUT2D eigenvalue weighted by molar-refractivity contribution is 7.89. The molecule has 3 aliphatic rings. The van der Waals surface area contributed by atoms with Crippen molar-refractivity contribution in [3.8, 4) is 0 Å². The molecule has 1 aromatic rings. The van der Waals surface area contributed by atoms with Gasteiger partial charge in [-0.2, -0.15) is 0 Å². The van der Waals surface area contributed by atoms with Crippen LogP contribution < -0.4 is 14.9 Å². The van der Waals surface area contributed by atoms with Crippen LogP contribution in [0.25, 0.3) is 0 Å². The Morgan fingerprint density at radius 2 is 1.93 bits per heavy atom. The van der Waals surface area contributed by atoms with Gasteiger partial charge in [0, 0.05) is 12.2 Å². The largest absolute Gasteiger partial charge is 0.325 e. The average molecular weight is 420 g/mol. The van der Waals surface area contributed by atoms with Gasteiger partial charge in [-0.15, -0.1) is 0 Å². The monoisotopic (exact) mass is 420 g/mol. The van der Waals surface area contributed by atoms with Crippen LogP contribution in [-0.2, 0) is 26.0 Å². The summed E-state index contributed by atoms with van der Waals surface area (Å²) in [6, 6.07) is 4.08. The van der Waals surface area contributed by atoms with E-state index in [4.69, 9.17) is 0 Å². The first-order chi connectivity index (χ1) is 13.8. The number of anilines is 1. The summed E-state index contributed by atoms with van der Waals surface area (Å²) < 4.78 is 26.2. The van der Waals surface area contributed by atoms with E-state index in [1.807, 2.05) is 0 Å². The van der Waals surface area contributed by atoms with Crippen LogP contribution in [0.5, 0.6) is 0 Å². The number of hydrogen-bond donors (Lipinski definition) is 2. The topological polar surface area (TPSA) is 116 Å². The zero-order chi connectivity index (χ0) is 20.8. The Hall–Kier alpha value is -2.46. The van der Waals surface area contributed by atoms with Crippen molar-refractivity contribution in [2.45, 2.75) is 49.0 Å². The zero-order valence-electron chi connectivity index (χ0n) is 16.2. The third kappa shape index (κ3) is 3.29. The molecule has 0 atom stereocenters. The van der Waals surface area contributed by atoms with Gasteiger partial charge in [0.25, 0.3) is 5.91 Å². The van der Waals surface area contributed by atoms with E-state index in [-0.39, 0.29) is 23.3 Å². The van der Waals surface area contributed by atoms with Crippen molar-refractivity contribution >= 4 is 33.6 Å². The molecule has 2 aliphatic heterocycles. The fraction of sp³-hybridized carbons (Fsp3) is 0.526. The van der Waals surface area contributed by atoms with Gasteiger partial charge in [0.1, 0.15) is 12.1 Å². The van der Waals surface area contributed by atoms with Crippen LogP contribution in [0.2, 0.25) is 0 Å². The minimum atomic E-state index is -3.57. The Morgan fingerprint density at radius 3 is 2.62 bits per heavy atom. The molecule has 9 nitrogen and oxygen atoms in total. The van der Waals surface area contributed by atoms with Crippen LogP contribution in [0, 0.1) is 0 Å². The number of rotatable bonds is 4. The number of urea groups is 1. The van der Waals surface area contributed by atoms with Gasteiger partial charge in [-0.3, -0.25) is 14.5 Å². The van der Waals surface area contributed by atoms with E-state index in [0.29, 0.717) is 31.5 Å². The molecule has 29 heavy (non-hydrogen) atoms. The van der Waals surface area contributed by atoms with E-state index in [1.165, 1.54) is 18.0 Å². The molecule has 4 rings (SSSR count). The zero-order valence-corrected chi connectivity index (χ0v) is 17.0. The summed E-state index contributed by atoms with van der Waals surface area (Å²) in [6.45, 7) is 0.0639. The van der Waals surface area contributed by atoms with Gasteiger partial charge >= 0.3 is 6.03 Å². The Balaban J connectivity index is 1.51. The van der Waals surface area contributed by atoms with Crippen molar-refractivity contribution in [2.24, 2.45) is 0 Å². The summed E-state index contributed by atoms with van der Waals surface area (Å²) in [4.78, 5) is 40.8. The number of sulfonamides is 1. The maximum absolute atomic E-state index is 12.9. The van der Waals surface area contributed by atoms with E-state index >= 15 is 0 Å². The van der Waals surface area contributed by atoms with Crippen LogP contribution in [0.3, 0.4) is 0 Å². The van der Waals surface area contributed by atoms with Gasteiger partial charge in [-0.1, -0.05) is 19.3 Å². The number of imide groups is 1. The smallest absolute Gasteiger partial charge is 0.323 e. The molecule has 2 N–H and O–H groups in total. The summed E-state index contributed by atoms with van der Waals surface area (Å²) in [5, 5.41) is 2.81. The first-order valence-corrected chi connectivity index (χ1v) is 11.3. The number of hydrogen-bond acceptors (Lipinski definition) is 5. The van der Waals surface area contributed by atoms with Gasteiger partial charge in [0.15, 0.2) is 0 Å². The predicted octanol–water partition coefficient (Wildman–Crippen LogP) is 0.738. The third-order valence-corrected chi connectivity index (χ3v) is 7.48. The fourth-order valence-electron chi connectivity index (χ4n) is 4.46. The van der Waals surface area contributed by atoms with Crippen molar-refractivity contribution in [1.29, 1.82) is 0 Å². The van der Waals surface area contributed by atoms with Gasteiger partial charge < -0.3 is 10.2 Å². The minimum Gasteiger partial charge on any atom is -0.323 e. The lowest BCUT2D eigenvalue weighted by atomic mass is 9.82. The maximum Gasteiger partial charge on any atom is 0.325 e. The molecule has 2 heterocycles. The number of nitrogens with zero attached hydrogens (tertiary/aromatic N) is 2. The highest BCUT2D eigenvalue weighted by Crippen LogP contribution is 2.34. The molecule has 0 bridgehead atoms. The van der Waals surface area contributed by atoms with Crippen LogP contribution in [0.1, 0.15) is 37.7 Å². The highest BCUT2D eigenvalue weighted by atomic mass is 32.2. The summed E-state index contributed by atoms with van der Waals surface area (Å²) >= 11 is 0. The summed E-state index contributed by atoms with van der Waals surface area (Å²) in [7, 11) is -2.22. The molecule has 1 spiro atoms. The van der Waals surface area contributed by atoms with E-state index in [9.17, 15) is 22.8 Å². The quantitative estimate of drug-likeness (QED) is 0.697. The molecule has 0 unspecified atom stereocenters. The predicted molar refractivity (Wildman–Crippen MR) is 105 cm³/mol. The van der Waals surface area contributed by atoms with E-state index in [0.717, 1.165) is 29.7 Å². The summed E-state index contributed by atoms with van der Waals surface area (Å²) in [6.07, 6.45) is 4.53.